The van der Waals surface area contributed by atoms with Crippen molar-refractivity contribution >= 4 is 33.7 Å². The van der Waals surface area contributed by atoms with Crippen LogP contribution < -0.4 is 22.2 Å². The molecule has 4 aromatic rings. The maximum Gasteiger partial charge on any atom is 0.417 e. The molecule has 0 spiro atoms. The molecular formula is C18H14N4O5. The van der Waals surface area contributed by atoms with Crippen molar-refractivity contribution in [3.8, 4) is 0 Å². The third-order valence-electron chi connectivity index (χ3n) is 4.23. The Hall–Kier alpha value is -3.88. The monoisotopic (exact) mass is 366 g/mol. The lowest BCUT2D eigenvalue weighted by molar-refractivity contribution is 0.102. The van der Waals surface area contributed by atoms with Crippen LogP contribution in [0.1, 0.15) is 17.3 Å². The number of aromatic amines is 2. The number of oxazole rings is 1. The Labute approximate surface area is 150 Å². The van der Waals surface area contributed by atoms with E-state index < -0.39 is 22.8 Å². The van der Waals surface area contributed by atoms with E-state index in [0.717, 1.165) is 0 Å². The highest BCUT2D eigenvalue weighted by molar-refractivity contribution is 6.06. The highest BCUT2D eigenvalue weighted by atomic mass is 16.4. The van der Waals surface area contributed by atoms with Crippen molar-refractivity contribution in [1.29, 1.82) is 0 Å². The first kappa shape index (κ1) is 16.6. The standard InChI is InChI=1S/C18H14N4O5/c1-2-22-13-5-3-9(7-11(13)20-16(24)17(22)25)15(23)19-10-4-6-14-12(8-10)21-18(26)27-14/h3-8H,2H2,1H3,(H,19,23)(H,20,24)(H,21,26). The van der Waals surface area contributed by atoms with E-state index in [2.05, 4.69) is 15.3 Å². The van der Waals surface area contributed by atoms with Gasteiger partial charge in [0.1, 0.15) is 0 Å². The lowest BCUT2D eigenvalue weighted by Crippen LogP contribution is -2.36. The van der Waals surface area contributed by atoms with Crippen LogP contribution in [0.15, 0.2) is 55.2 Å². The third kappa shape index (κ3) is 2.84. The zero-order valence-electron chi connectivity index (χ0n) is 14.2. The van der Waals surface area contributed by atoms with Crippen molar-refractivity contribution < 1.29 is 9.21 Å². The molecule has 0 fully saturated rings. The molecule has 0 atom stereocenters. The molecular weight excluding hydrogens is 352 g/mol. The fourth-order valence-corrected chi connectivity index (χ4v) is 2.97. The number of nitrogens with one attached hydrogen (secondary N) is 3. The van der Waals surface area contributed by atoms with Gasteiger partial charge in [-0.05, 0) is 43.3 Å². The van der Waals surface area contributed by atoms with Crippen LogP contribution in [-0.4, -0.2) is 20.4 Å². The quantitative estimate of drug-likeness (QED) is 0.472. The van der Waals surface area contributed by atoms with Crippen LogP contribution in [0.25, 0.3) is 22.1 Å². The lowest BCUT2D eigenvalue weighted by atomic mass is 10.1. The Morgan fingerprint density at radius 1 is 1.07 bits per heavy atom. The predicted octanol–water partition coefficient (Wildman–Crippen LogP) is 1.40. The maximum atomic E-state index is 12.5. The summed E-state index contributed by atoms with van der Waals surface area (Å²) in [5, 5.41) is 2.72. The number of nitrogens with zero attached hydrogens (tertiary/aromatic N) is 1. The number of benzene rings is 2. The molecule has 0 aliphatic heterocycles. The van der Waals surface area contributed by atoms with E-state index >= 15 is 0 Å². The van der Waals surface area contributed by atoms with Gasteiger partial charge in [0.15, 0.2) is 5.58 Å². The van der Waals surface area contributed by atoms with Gasteiger partial charge in [0.25, 0.3) is 5.91 Å². The number of H-pyrrole nitrogens is 2. The third-order valence-corrected chi connectivity index (χ3v) is 4.23. The minimum absolute atomic E-state index is 0.306. The number of aryl methyl sites for hydroxylation is 1. The summed E-state index contributed by atoms with van der Waals surface area (Å²) in [6.07, 6.45) is 0. The molecule has 0 radical (unpaired) electrons. The van der Waals surface area contributed by atoms with Crippen LogP contribution in [-0.2, 0) is 6.54 Å². The fourth-order valence-electron chi connectivity index (χ4n) is 2.97. The van der Waals surface area contributed by atoms with Gasteiger partial charge < -0.3 is 19.3 Å². The molecule has 9 nitrogen and oxygen atoms in total. The molecule has 2 heterocycles. The first-order valence-electron chi connectivity index (χ1n) is 8.17. The number of carbonyl (C=O) groups excluding carboxylic acids is 1. The molecule has 2 aromatic heterocycles. The highest BCUT2D eigenvalue weighted by Gasteiger charge is 2.12. The summed E-state index contributed by atoms with van der Waals surface area (Å²) >= 11 is 0. The Balaban J connectivity index is 1.71. The van der Waals surface area contributed by atoms with Gasteiger partial charge in [-0.2, -0.15) is 0 Å². The Morgan fingerprint density at radius 2 is 1.89 bits per heavy atom. The highest BCUT2D eigenvalue weighted by Crippen LogP contribution is 2.18. The van der Waals surface area contributed by atoms with E-state index in [1.165, 1.54) is 10.6 Å². The van der Waals surface area contributed by atoms with E-state index in [0.29, 0.717) is 39.9 Å². The number of rotatable bonds is 3. The molecule has 2 aromatic carbocycles. The average Bonchev–Trinajstić information content (AvgIpc) is 3.01. The Morgan fingerprint density at radius 3 is 2.67 bits per heavy atom. The molecule has 3 N–H and O–H groups in total. The van der Waals surface area contributed by atoms with E-state index in [1.54, 1.807) is 37.3 Å². The number of fused-ring (bicyclic) bond motifs is 2. The Bertz CT molecular complexity index is 1370. The van der Waals surface area contributed by atoms with Crippen LogP contribution in [0.4, 0.5) is 5.69 Å². The van der Waals surface area contributed by atoms with Crippen molar-refractivity contribution in [3.05, 3.63) is 73.2 Å². The zero-order chi connectivity index (χ0) is 19.1. The van der Waals surface area contributed by atoms with Crippen molar-refractivity contribution in [2.75, 3.05) is 5.32 Å². The van der Waals surface area contributed by atoms with Crippen LogP contribution in [0.5, 0.6) is 0 Å². The number of hydrogen-bond acceptors (Lipinski definition) is 5. The second-order valence-corrected chi connectivity index (χ2v) is 5.92. The smallest absolute Gasteiger partial charge is 0.408 e. The van der Waals surface area contributed by atoms with E-state index in [-0.39, 0.29) is 0 Å². The van der Waals surface area contributed by atoms with Crippen molar-refractivity contribution in [1.82, 2.24) is 14.5 Å². The molecule has 136 valence electrons. The summed E-state index contributed by atoms with van der Waals surface area (Å²) in [5.41, 5.74) is 1.18. The first-order valence-corrected chi connectivity index (χ1v) is 8.17. The van der Waals surface area contributed by atoms with E-state index in [9.17, 15) is 19.2 Å². The normalized spacial score (nSPS) is 11.1. The molecule has 0 aliphatic rings. The van der Waals surface area contributed by atoms with Crippen molar-refractivity contribution in [2.45, 2.75) is 13.5 Å². The van der Waals surface area contributed by atoms with Gasteiger partial charge in [-0.25, -0.2) is 4.79 Å². The number of amides is 1. The van der Waals surface area contributed by atoms with Crippen LogP contribution in [0, 0.1) is 0 Å². The van der Waals surface area contributed by atoms with Gasteiger partial charge in [-0.15, -0.1) is 0 Å². The molecule has 0 saturated carbocycles. The van der Waals surface area contributed by atoms with Crippen molar-refractivity contribution in [2.24, 2.45) is 0 Å². The first-order chi connectivity index (χ1) is 13.0. The van der Waals surface area contributed by atoms with Gasteiger partial charge in [-0.3, -0.25) is 19.4 Å². The molecule has 0 bridgehead atoms. The van der Waals surface area contributed by atoms with Gasteiger partial charge in [0.2, 0.25) is 0 Å². The minimum atomic E-state index is -0.740. The summed E-state index contributed by atoms with van der Waals surface area (Å²) in [5.74, 6) is -0.980. The molecule has 9 heteroatoms. The Kier molecular flexibility index (Phi) is 3.76. The van der Waals surface area contributed by atoms with Gasteiger partial charge in [-0.1, -0.05) is 0 Å². The van der Waals surface area contributed by atoms with E-state index in [1.807, 2.05) is 0 Å². The second-order valence-electron chi connectivity index (χ2n) is 5.92. The molecule has 4 rings (SSSR count). The largest absolute Gasteiger partial charge is 0.417 e. The number of hydrogen-bond donors (Lipinski definition) is 3. The van der Waals surface area contributed by atoms with Crippen molar-refractivity contribution in [3.63, 3.8) is 0 Å². The summed E-state index contributed by atoms with van der Waals surface area (Å²) in [6.45, 7) is 2.10. The average molecular weight is 366 g/mol. The number of aromatic nitrogens is 3. The topological polar surface area (TPSA) is 130 Å². The van der Waals surface area contributed by atoms with Crippen LogP contribution in [0.3, 0.4) is 0 Å². The number of anilines is 1. The SMILES string of the molecule is CCn1c(=O)c(=O)[nH]c2cc(C(=O)Nc3ccc4oc(=O)[nH]c4c3)ccc21. The maximum absolute atomic E-state index is 12.5. The lowest BCUT2D eigenvalue weighted by Gasteiger charge is -2.09. The molecule has 0 unspecified atom stereocenters. The summed E-state index contributed by atoms with van der Waals surface area (Å²) in [4.78, 5) is 52.4. The summed E-state index contributed by atoms with van der Waals surface area (Å²) in [6, 6.07) is 9.45. The minimum Gasteiger partial charge on any atom is -0.408 e. The number of carbonyl (C=O) groups is 1. The summed E-state index contributed by atoms with van der Waals surface area (Å²) < 4.78 is 6.26. The zero-order valence-corrected chi connectivity index (χ0v) is 14.2. The molecule has 1 amide bonds. The van der Waals surface area contributed by atoms with E-state index in [4.69, 9.17) is 4.42 Å². The van der Waals surface area contributed by atoms with Gasteiger partial charge in [0, 0.05) is 17.8 Å². The molecule has 0 aliphatic carbocycles. The fraction of sp³-hybridized carbons (Fsp3) is 0.111. The summed E-state index contributed by atoms with van der Waals surface area (Å²) in [7, 11) is 0. The van der Waals surface area contributed by atoms with Gasteiger partial charge >= 0.3 is 16.9 Å². The predicted molar refractivity (Wildman–Crippen MR) is 99.3 cm³/mol. The molecule has 0 saturated heterocycles. The molecule has 27 heavy (non-hydrogen) atoms. The second kappa shape index (κ2) is 6.13. The van der Waals surface area contributed by atoms with Crippen LogP contribution in [0.2, 0.25) is 0 Å². The van der Waals surface area contributed by atoms with Crippen LogP contribution >= 0.6 is 0 Å². The van der Waals surface area contributed by atoms with Gasteiger partial charge in [0.05, 0.1) is 16.6 Å².